The third kappa shape index (κ3) is 2.97. The Labute approximate surface area is 101 Å². The van der Waals surface area contributed by atoms with E-state index in [1.165, 1.54) is 20.0 Å². The molecule has 0 unspecified atom stereocenters. The molecule has 0 bridgehead atoms. The van der Waals surface area contributed by atoms with E-state index >= 15 is 0 Å². The summed E-state index contributed by atoms with van der Waals surface area (Å²) in [6.45, 7) is 4.20. The molecular weight excluding hydrogens is 283 g/mol. The minimum absolute atomic E-state index is 0.107. The number of hydrogen-bond acceptors (Lipinski definition) is 1. The summed E-state index contributed by atoms with van der Waals surface area (Å²) in [5.41, 5.74) is -0.397. The van der Waals surface area contributed by atoms with Crippen LogP contribution in [0.5, 0.6) is 0 Å². The predicted molar refractivity (Wildman–Crippen MR) is 60.2 cm³/mol. The fourth-order valence-corrected chi connectivity index (χ4v) is 1.46. The van der Waals surface area contributed by atoms with Gasteiger partial charge in [-0.1, -0.05) is 13.8 Å². The van der Waals surface area contributed by atoms with Crippen LogP contribution in [-0.4, -0.2) is 11.2 Å². The van der Waals surface area contributed by atoms with E-state index in [0.29, 0.717) is 5.69 Å². The van der Waals surface area contributed by atoms with Crippen LogP contribution < -0.4 is 0 Å². The molecule has 1 rings (SSSR count). The molecule has 1 nitrogen and oxygen atoms in total. The largest absolute Gasteiger partial charge is 0.394 e. The lowest BCUT2D eigenvalue weighted by Gasteiger charge is -2.27. The molecule has 16 heavy (non-hydrogen) atoms. The SMILES string of the molecule is Cc1cc(CC(C)(C)C(F)(F)F)ncc1Br. The molecule has 90 valence electrons. The second kappa shape index (κ2) is 4.35. The Morgan fingerprint density at radius 3 is 2.31 bits per heavy atom. The summed E-state index contributed by atoms with van der Waals surface area (Å²) in [6, 6.07) is 1.68. The van der Waals surface area contributed by atoms with Crippen molar-refractivity contribution < 1.29 is 13.2 Å². The molecule has 0 amide bonds. The molecule has 0 aliphatic carbocycles. The van der Waals surface area contributed by atoms with Gasteiger partial charge in [0.2, 0.25) is 0 Å². The average molecular weight is 296 g/mol. The highest BCUT2D eigenvalue weighted by atomic mass is 79.9. The third-order valence-corrected chi connectivity index (χ3v) is 3.32. The van der Waals surface area contributed by atoms with Crippen LogP contribution in [0.3, 0.4) is 0 Å². The van der Waals surface area contributed by atoms with Gasteiger partial charge in [0, 0.05) is 22.8 Å². The second-order valence-corrected chi connectivity index (χ2v) is 5.34. The number of rotatable bonds is 2. The third-order valence-electron chi connectivity index (χ3n) is 2.49. The van der Waals surface area contributed by atoms with E-state index < -0.39 is 11.6 Å². The van der Waals surface area contributed by atoms with Crippen molar-refractivity contribution in [2.75, 3.05) is 0 Å². The van der Waals surface area contributed by atoms with E-state index in [2.05, 4.69) is 20.9 Å². The number of alkyl halides is 3. The summed E-state index contributed by atoms with van der Waals surface area (Å²) in [5.74, 6) is 0. The average Bonchev–Trinajstić information content (AvgIpc) is 2.09. The molecular formula is C11H13BrF3N. The minimum atomic E-state index is -4.21. The number of aromatic nitrogens is 1. The fraction of sp³-hybridized carbons (Fsp3) is 0.545. The maximum atomic E-state index is 12.7. The summed E-state index contributed by atoms with van der Waals surface area (Å²) < 4.78 is 38.8. The molecule has 0 radical (unpaired) electrons. The van der Waals surface area contributed by atoms with Gasteiger partial charge in [0.15, 0.2) is 0 Å². The van der Waals surface area contributed by atoms with Gasteiger partial charge in [-0.3, -0.25) is 4.98 Å². The lowest BCUT2D eigenvalue weighted by atomic mass is 9.86. The van der Waals surface area contributed by atoms with Crippen molar-refractivity contribution in [3.05, 3.63) is 28.0 Å². The highest BCUT2D eigenvalue weighted by molar-refractivity contribution is 9.10. The fourth-order valence-electron chi connectivity index (χ4n) is 1.25. The zero-order chi connectivity index (χ0) is 12.6. The molecule has 0 saturated carbocycles. The smallest absolute Gasteiger partial charge is 0.260 e. The molecule has 0 atom stereocenters. The van der Waals surface area contributed by atoms with Gasteiger partial charge in [-0.15, -0.1) is 0 Å². The molecule has 1 aromatic rings. The van der Waals surface area contributed by atoms with Gasteiger partial charge < -0.3 is 0 Å². The van der Waals surface area contributed by atoms with Crippen molar-refractivity contribution in [2.45, 2.75) is 33.4 Å². The summed E-state index contributed by atoms with van der Waals surface area (Å²) in [4.78, 5) is 3.99. The van der Waals surface area contributed by atoms with Gasteiger partial charge in [0.1, 0.15) is 0 Å². The number of halogens is 4. The Kier molecular flexibility index (Phi) is 3.67. The second-order valence-electron chi connectivity index (χ2n) is 4.48. The minimum Gasteiger partial charge on any atom is -0.260 e. The highest BCUT2D eigenvalue weighted by Gasteiger charge is 2.47. The number of nitrogens with zero attached hydrogens (tertiary/aromatic N) is 1. The zero-order valence-corrected chi connectivity index (χ0v) is 10.9. The number of hydrogen-bond donors (Lipinski definition) is 0. The predicted octanol–water partition coefficient (Wildman–Crippen LogP) is 4.28. The molecule has 1 heterocycles. The van der Waals surface area contributed by atoms with Crippen LogP contribution in [0.1, 0.15) is 25.1 Å². The van der Waals surface area contributed by atoms with Crippen LogP contribution in [0.4, 0.5) is 13.2 Å². The van der Waals surface area contributed by atoms with Crippen LogP contribution in [-0.2, 0) is 6.42 Å². The molecule has 5 heteroatoms. The summed E-state index contributed by atoms with van der Waals surface area (Å²) in [6.07, 6.45) is -2.78. The maximum Gasteiger partial charge on any atom is 0.394 e. The maximum absolute atomic E-state index is 12.7. The first-order valence-electron chi connectivity index (χ1n) is 4.81. The van der Waals surface area contributed by atoms with Crippen molar-refractivity contribution in [2.24, 2.45) is 5.41 Å². The van der Waals surface area contributed by atoms with E-state index in [9.17, 15) is 13.2 Å². The van der Waals surface area contributed by atoms with E-state index in [-0.39, 0.29) is 6.42 Å². The zero-order valence-electron chi connectivity index (χ0n) is 9.32. The van der Waals surface area contributed by atoms with Crippen molar-refractivity contribution in [1.29, 1.82) is 0 Å². The van der Waals surface area contributed by atoms with Crippen LogP contribution in [0.15, 0.2) is 16.7 Å². The van der Waals surface area contributed by atoms with E-state index in [4.69, 9.17) is 0 Å². The first-order valence-corrected chi connectivity index (χ1v) is 5.60. The van der Waals surface area contributed by atoms with Crippen molar-refractivity contribution in [3.8, 4) is 0 Å². The van der Waals surface area contributed by atoms with Gasteiger partial charge in [0.05, 0.1) is 5.41 Å². The standard InChI is InChI=1S/C11H13BrF3N/c1-7-4-8(16-6-9(7)12)5-10(2,3)11(13,14)15/h4,6H,5H2,1-3H3. The molecule has 0 spiro atoms. The Balaban J connectivity index is 2.93. The van der Waals surface area contributed by atoms with Crippen molar-refractivity contribution in [3.63, 3.8) is 0 Å². The highest BCUT2D eigenvalue weighted by Crippen LogP contribution is 2.39. The lowest BCUT2D eigenvalue weighted by molar-refractivity contribution is -0.211. The Morgan fingerprint density at radius 1 is 1.31 bits per heavy atom. The Morgan fingerprint density at radius 2 is 1.88 bits per heavy atom. The van der Waals surface area contributed by atoms with Gasteiger partial charge in [-0.25, -0.2) is 0 Å². The molecule has 0 saturated heterocycles. The Hall–Kier alpha value is -0.580. The van der Waals surface area contributed by atoms with Crippen LogP contribution in [0, 0.1) is 12.3 Å². The summed E-state index contributed by atoms with van der Waals surface area (Å²) >= 11 is 3.26. The first-order chi connectivity index (χ1) is 7.13. The molecule has 0 aliphatic heterocycles. The van der Waals surface area contributed by atoms with E-state index in [0.717, 1.165) is 10.0 Å². The Bertz CT molecular complexity index is 385. The van der Waals surface area contributed by atoms with E-state index in [1.54, 1.807) is 6.07 Å². The van der Waals surface area contributed by atoms with Gasteiger partial charge in [0.25, 0.3) is 0 Å². The number of pyridine rings is 1. The van der Waals surface area contributed by atoms with Crippen LogP contribution >= 0.6 is 15.9 Å². The molecule has 0 N–H and O–H groups in total. The number of aryl methyl sites for hydroxylation is 1. The van der Waals surface area contributed by atoms with Crippen LogP contribution in [0.25, 0.3) is 0 Å². The van der Waals surface area contributed by atoms with Crippen molar-refractivity contribution >= 4 is 15.9 Å². The van der Waals surface area contributed by atoms with E-state index in [1.807, 2.05) is 6.92 Å². The van der Waals surface area contributed by atoms with Gasteiger partial charge in [-0.2, -0.15) is 13.2 Å². The quantitative estimate of drug-likeness (QED) is 0.793. The topological polar surface area (TPSA) is 12.9 Å². The van der Waals surface area contributed by atoms with Crippen molar-refractivity contribution in [1.82, 2.24) is 4.98 Å². The lowest BCUT2D eigenvalue weighted by Crippen LogP contribution is -2.34. The van der Waals surface area contributed by atoms with Crippen LogP contribution in [0.2, 0.25) is 0 Å². The summed E-state index contributed by atoms with van der Waals surface area (Å²) in [7, 11) is 0. The normalized spacial score (nSPS) is 12.9. The van der Waals surface area contributed by atoms with Gasteiger partial charge >= 0.3 is 6.18 Å². The van der Waals surface area contributed by atoms with Gasteiger partial charge in [-0.05, 0) is 34.5 Å². The molecule has 0 aliphatic rings. The molecule has 1 aromatic heterocycles. The molecule has 0 fully saturated rings. The first kappa shape index (κ1) is 13.5. The monoisotopic (exact) mass is 295 g/mol. The summed E-state index contributed by atoms with van der Waals surface area (Å²) in [5, 5.41) is 0. The molecule has 0 aromatic carbocycles.